The number of likely N-dealkylation sites (tertiary alicyclic amines) is 1. The van der Waals surface area contributed by atoms with Crippen LogP contribution >= 0.6 is 0 Å². The van der Waals surface area contributed by atoms with Crippen LogP contribution in [0.5, 0.6) is 0 Å². The smallest absolute Gasteiger partial charge is 0.410 e. The van der Waals surface area contributed by atoms with Crippen molar-refractivity contribution in [3.05, 3.63) is 30.0 Å². The highest BCUT2D eigenvalue weighted by Gasteiger charge is 2.30. The Hall–Kier alpha value is -3.01. The second-order valence-electron chi connectivity index (χ2n) is 9.37. The number of carbonyl (C=O) groups is 1. The van der Waals surface area contributed by atoms with Crippen molar-refractivity contribution in [1.29, 1.82) is 0 Å². The third-order valence-electron chi connectivity index (χ3n) is 5.83. The van der Waals surface area contributed by atoms with E-state index in [2.05, 4.69) is 15.2 Å². The van der Waals surface area contributed by atoms with Crippen LogP contribution in [0.2, 0.25) is 0 Å². The lowest BCUT2D eigenvalue weighted by Crippen LogP contribution is -2.41. The summed E-state index contributed by atoms with van der Waals surface area (Å²) in [6, 6.07) is 3.33. The van der Waals surface area contributed by atoms with E-state index in [1.807, 2.05) is 26.8 Å². The molecule has 32 heavy (non-hydrogen) atoms. The highest BCUT2D eigenvalue weighted by atomic mass is 19.1. The van der Waals surface area contributed by atoms with Crippen LogP contribution in [0, 0.1) is 5.82 Å². The van der Waals surface area contributed by atoms with Crippen LogP contribution < -0.4 is 0 Å². The molecule has 2 aliphatic rings. The van der Waals surface area contributed by atoms with Crippen molar-refractivity contribution >= 4 is 17.0 Å². The number of carbonyl (C=O) groups excluding carboxylic acids is 1. The number of halogens is 1. The number of nitrogens with zero attached hydrogens (tertiary/aromatic N) is 5. The molecule has 0 bridgehead atoms. The molecule has 0 spiro atoms. The minimum Gasteiger partial charge on any atom is -0.444 e. The van der Waals surface area contributed by atoms with Gasteiger partial charge in [0.25, 0.3) is 5.89 Å². The maximum atomic E-state index is 14.7. The first-order valence-corrected chi connectivity index (χ1v) is 10.8. The van der Waals surface area contributed by atoms with Crippen LogP contribution in [-0.2, 0) is 9.47 Å². The molecular weight excluding hydrogens is 417 g/mol. The molecule has 4 heterocycles. The predicted octanol–water partition coefficient (Wildman–Crippen LogP) is 3.91. The molecule has 0 radical (unpaired) electrons. The predicted molar refractivity (Wildman–Crippen MR) is 113 cm³/mol. The highest BCUT2D eigenvalue weighted by molar-refractivity contribution is 5.84. The third kappa shape index (κ3) is 3.94. The van der Waals surface area contributed by atoms with E-state index >= 15 is 0 Å². The quantitative estimate of drug-likeness (QED) is 0.606. The summed E-state index contributed by atoms with van der Waals surface area (Å²) in [5.74, 6) is 0.532. The number of hydrogen-bond acceptors (Lipinski definition) is 7. The SMILES string of the molecule is CC(C)(C)OC(=O)N1CCC(c2noc(-c3cc(F)c4cnn(C5COC5)c4c3)n2)CC1. The number of piperidine rings is 1. The lowest BCUT2D eigenvalue weighted by Gasteiger charge is -2.32. The standard InChI is InChI=1S/C22H26FN5O4/c1-22(2,3)31-21(29)27-6-4-13(5-7-27)19-25-20(32-26-19)14-8-17(23)16-10-24-28(18(16)9-14)15-11-30-12-15/h8-10,13,15H,4-7,11-12H2,1-3H3. The molecule has 0 saturated carbocycles. The van der Waals surface area contributed by atoms with E-state index < -0.39 is 5.60 Å². The Labute approximate surface area is 184 Å². The lowest BCUT2D eigenvalue weighted by atomic mass is 9.96. The van der Waals surface area contributed by atoms with Gasteiger partial charge in [-0.05, 0) is 45.7 Å². The Morgan fingerprint density at radius 2 is 1.97 bits per heavy atom. The van der Waals surface area contributed by atoms with Crippen LogP contribution in [0.3, 0.4) is 0 Å². The van der Waals surface area contributed by atoms with Crippen LogP contribution in [-0.4, -0.2) is 62.8 Å². The second-order valence-corrected chi connectivity index (χ2v) is 9.37. The fraction of sp³-hybridized carbons (Fsp3) is 0.545. The molecule has 0 atom stereocenters. The van der Waals surface area contributed by atoms with Gasteiger partial charge in [0.15, 0.2) is 5.82 Å². The molecule has 0 unspecified atom stereocenters. The Balaban J connectivity index is 1.31. The molecule has 2 saturated heterocycles. The van der Waals surface area contributed by atoms with Gasteiger partial charge in [0.05, 0.1) is 36.4 Å². The van der Waals surface area contributed by atoms with Crippen molar-refractivity contribution in [2.45, 2.75) is 51.2 Å². The molecule has 1 amide bonds. The summed E-state index contributed by atoms with van der Waals surface area (Å²) >= 11 is 0. The van der Waals surface area contributed by atoms with Gasteiger partial charge in [0.1, 0.15) is 11.4 Å². The van der Waals surface area contributed by atoms with E-state index in [0.29, 0.717) is 61.4 Å². The summed E-state index contributed by atoms with van der Waals surface area (Å²) in [5.41, 5.74) is 0.675. The highest BCUT2D eigenvalue weighted by Crippen LogP contribution is 2.32. The molecular formula is C22H26FN5O4. The van der Waals surface area contributed by atoms with Gasteiger partial charge < -0.3 is 18.9 Å². The molecule has 2 aromatic heterocycles. The summed E-state index contributed by atoms with van der Waals surface area (Å²) in [6.07, 6.45) is 2.65. The fourth-order valence-electron chi connectivity index (χ4n) is 4.05. The first kappa shape index (κ1) is 20.9. The van der Waals surface area contributed by atoms with Crippen molar-refractivity contribution in [2.75, 3.05) is 26.3 Å². The molecule has 9 nitrogen and oxygen atoms in total. The van der Waals surface area contributed by atoms with Crippen LogP contribution in [0.25, 0.3) is 22.4 Å². The monoisotopic (exact) mass is 443 g/mol. The first-order valence-electron chi connectivity index (χ1n) is 10.8. The Kier molecular flexibility index (Phi) is 5.11. The Bertz CT molecular complexity index is 1140. The van der Waals surface area contributed by atoms with E-state index in [9.17, 15) is 9.18 Å². The molecule has 1 aromatic carbocycles. The molecule has 5 rings (SSSR count). The van der Waals surface area contributed by atoms with E-state index in [1.165, 1.54) is 12.3 Å². The normalized spacial score (nSPS) is 18.2. The number of amides is 1. The number of ether oxygens (including phenoxy) is 2. The lowest BCUT2D eigenvalue weighted by molar-refractivity contribution is -0.0266. The van der Waals surface area contributed by atoms with Crippen LogP contribution in [0.4, 0.5) is 9.18 Å². The zero-order valence-electron chi connectivity index (χ0n) is 18.4. The van der Waals surface area contributed by atoms with Gasteiger partial charge in [0.2, 0.25) is 0 Å². The summed E-state index contributed by atoms with van der Waals surface area (Å²) in [6.45, 7) is 7.81. The van der Waals surface area contributed by atoms with Crippen molar-refractivity contribution in [2.24, 2.45) is 0 Å². The van der Waals surface area contributed by atoms with Gasteiger partial charge in [-0.3, -0.25) is 4.68 Å². The summed E-state index contributed by atoms with van der Waals surface area (Å²) in [7, 11) is 0. The van der Waals surface area contributed by atoms with E-state index in [-0.39, 0.29) is 29.8 Å². The summed E-state index contributed by atoms with van der Waals surface area (Å²) < 4.78 is 32.7. The zero-order chi connectivity index (χ0) is 22.5. The largest absolute Gasteiger partial charge is 0.444 e. The molecule has 2 fully saturated rings. The summed E-state index contributed by atoms with van der Waals surface area (Å²) in [5, 5.41) is 8.92. The number of benzene rings is 1. The van der Waals surface area contributed by atoms with Gasteiger partial charge in [-0.2, -0.15) is 10.1 Å². The minimum absolute atomic E-state index is 0.0671. The topological polar surface area (TPSA) is 95.5 Å². The van der Waals surface area contributed by atoms with Gasteiger partial charge >= 0.3 is 6.09 Å². The zero-order valence-corrected chi connectivity index (χ0v) is 18.4. The van der Waals surface area contributed by atoms with Crippen molar-refractivity contribution in [3.63, 3.8) is 0 Å². The Morgan fingerprint density at radius 1 is 1.22 bits per heavy atom. The molecule has 0 aliphatic carbocycles. The maximum Gasteiger partial charge on any atom is 0.410 e. The third-order valence-corrected chi connectivity index (χ3v) is 5.83. The number of aromatic nitrogens is 4. The van der Waals surface area contributed by atoms with E-state index in [0.717, 1.165) is 0 Å². The first-order chi connectivity index (χ1) is 15.3. The average molecular weight is 443 g/mol. The van der Waals surface area contributed by atoms with Gasteiger partial charge in [-0.1, -0.05) is 5.16 Å². The molecule has 0 N–H and O–H groups in total. The number of fused-ring (bicyclic) bond motifs is 1. The van der Waals surface area contributed by atoms with Crippen LogP contribution in [0.15, 0.2) is 22.9 Å². The van der Waals surface area contributed by atoms with Crippen molar-refractivity contribution in [3.8, 4) is 11.5 Å². The van der Waals surface area contributed by atoms with Gasteiger partial charge in [0, 0.05) is 24.6 Å². The fourth-order valence-corrected chi connectivity index (χ4v) is 4.05. The number of rotatable bonds is 3. The molecule has 2 aliphatic heterocycles. The van der Waals surface area contributed by atoms with Crippen LogP contribution in [0.1, 0.15) is 51.4 Å². The Morgan fingerprint density at radius 3 is 2.62 bits per heavy atom. The molecule has 10 heteroatoms. The molecule has 170 valence electrons. The van der Waals surface area contributed by atoms with Crippen molar-refractivity contribution < 1.29 is 23.2 Å². The maximum absolute atomic E-state index is 14.7. The molecule has 3 aromatic rings. The van der Waals surface area contributed by atoms with E-state index in [1.54, 1.807) is 9.58 Å². The van der Waals surface area contributed by atoms with Crippen molar-refractivity contribution in [1.82, 2.24) is 24.8 Å². The second kappa shape index (κ2) is 7.84. The van der Waals surface area contributed by atoms with Gasteiger partial charge in [-0.15, -0.1) is 0 Å². The summed E-state index contributed by atoms with van der Waals surface area (Å²) in [4.78, 5) is 18.5. The number of hydrogen-bond donors (Lipinski definition) is 0. The minimum atomic E-state index is -0.520. The van der Waals surface area contributed by atoms with E-state index in [4.69, 9.17) is 14.0 Å². The van der Waals surface area contributed by atoms with Gasteiger partial charge in [-0.25, -0.2) is 9.18 Å². The average Bonchev–Trinajstić information content (AvgIpc) is 3.34.